The van der Waals surface area contributed by atoms with E-state index >= 15 is 0 Å². The first-order valence-corrected chi connectivity index (χ1v) is 7.63. The summed E-state index contributed by atoms with van der Waals surface area (Å²) in [4.78, 5) is 11.2. The van der Waals surface area contributed by atoms with Crippen LogP contribution in [0.2, 0.25) is 5.02 Å². The molecule has 2 aromatic carbocycles. The van der Waals surface area contributed by atoms with E-state index in [0.717, 1.165) is 5.69 Å². The molecule has 0 saturated carbocycles. The van der Waals surface area contributed by atoms with Gasteiger partial charge in [0.1, 0.15) is 11.5 Å². The molecule has 0 aliphatic rings. The van der Waals surface area contributed by atoms with E-state index in [1.54, 1.807) is 55.5 Å². The summed E-state index contributed by atoms with van der Waals surface area (Å²) in [5.74, 6) is 1.36. The van der Waals surface area contributed by atoms with Gasteiger partial charge in [-0.15, -0.1) is 0 Å². The molecule has 0 atom stereocenters. The van der Waals surface area contributed by atoms with Gasteiger partial charge in [-0.3, -0.25) is 5.32 Å². The fourth-order valence-electron chi connectivity index (χ4n) is 1.67. The summed E-state index contributed by atoms with van der Waals surface area (Å²) in [6.45, 7) is 2.00. The molecule has 5 nitrogen and oxygen atoms in total. The third kappa shape index (κ3) is 5.77. The van der Waals surface area contributed by atoms with E-state index in [1.165, 1.54) is 0 Å². The molecule has 2 rings (SSSR count). The Balaban J connectivity index is 1.90. The van der Waals surface area contributed by atoms with Crippen molar-refractivity contribution in [3.8, 4) is 11.5 Å². The van der Waals surface area contributed by atoms with Gasteiger partial charge in [0.15, 0.2) is 5.11 Å². The predicted octanol–water partition coefficient (Wildman–Crippen LogP) is 4.58. The maximum Gasteiger partial charge on any atom is 0.413 e. The minimum atomic E-state index is -0.590. The van der Waals surface area contributed by atoms with E-state index in [4.69, 9.17) is 33.3 Å². The van der Waals surface area contributed by atoms with Crippen LogP contribution in [-0.4, -0.2) is 17.8 Å². The molecule has 0 spiro atoms. The molecule has 0 unspecified atom stereocenters. The second-order valence-electron chi connectivity index (χ2n) is 4.38. The Morgan fingerprint density at radius 1 is 1.09 bits per heavy atom. The van der Waals surface area contributed by atoms with Crippen molar-refractivity contribution in [3.63, 3.8) is 0 Å². The summed E-state index contributed by atoms with van der Waals surface area (Å²) >= 11 is 10.8. The van der Waals surface area contributed by atoms with E-state index in [0.29, 0.717) is 16.5 Å². The number of hydrogen-bond donors (Lipinski definition) is 2. The van der Waals surface area contributed by atoms with Gasteiger partial charge in [0.2, 0.25) is 0 Å². The molecular weight excluding hydrogens is 336 g/mol. The van der Waals surface area contributed by atoms with Crippen molar-refractivity contribution in [1.29, 1.82) is 0 Å². The van der Waals surface area contributed by atoms with Crippen LogP contribution in [0.5, 0.6) is 11.5 Å². The number of ether oxygens (including phenoxy) is 2. The molecule has 0 bridgehead atoms. The van der Waals surface area contributed by atoms with Crippen LogP contribution in [0.1, 0.15) is 6.92 Å². The molecule has 0 fully saturated rings. The zero-order valence-corrected chi connectivity index (χ0v) is 13.9. The average Bonchev–Trinajstić information content (AvgIpc) is 2.51. The summed E-state index contributed by atoms with van der Waals surface area (Å²) < 4.78 is 10.4. The average molecular weight is 351 g/mol. The Kier molecular flexibility index (Phi) is 6.19. The second-order valence-corrected chi connectivity index (χ2v) is 5.22. The Labute approximate surface area is 144 Å². The number of thiocarbonyl (C=S) groups is 1. The number of nitrogens with one attached hydrogen (secondary N) is 2. The number of rotatable bonds is 4. The molecule has 1 amide bonds. The lowest BCUT2D eigenvalue weighted by atomic mass is 10.3. The van der Waals surface area contributed by atoms with E-state index in [2.05, 4.69) is 10.6 Å². The fraction of sp³-hybridized carbons (Fsp3) is 0.125. The second kappa shape index (κ2) is 8.36. The molecule has 2 aromatic rings. The lowest BCUT2D eigenvalue weighted by Gasteiger charge is -2.10. The number of carbonyl (C=O) groups is 1. The van der Waals surface area contributed by atoms with Crippen molar-refractivity contribution in [2.24, 2.45) is 0 Å². The Hall–Kier alpha value is -2.31. The largest absolute Gasteiger partial charge is 0.457 e. The highest BCUT2D eigenvalue weighted by molar-refractivity contribution is 7.80. The van der Waals surface area contributed by atoms with E-state index in [1.807, 2.05) is 0 Å². The van der Waals surface area contributed by atoms with Gasteiger partial charge in [-0.2, -0.15) is 0 Å². The quantitative estimate of drug-likeness (QED) is 0.791. The predicted molar refractivity (Wildman–Crippen MR) is 94.3 cm³/mol. The summed E-state index contributed by atoms with van der Waals surface area (Å²) in [5.41, 5.74) is 0.718. The lowest BCUT2D eigenvalue weighted by Crippen LogP contribution is -2.34. The third-order valence-corrected chi connectivity index (χ3v) is 3.11. The number of carbonyl (C=O) groups excluding carboxylic acids is 1. The minimum absolute atomic E-state index is 0.162. The monoisotopic (exact) mass is 350 g/mol. The first-order chi connectivity index (χ1) is 11.1. The van der Waals surface area contributed by atoms with Gasteiger partial charge in [-0.1, -0.05) is 11.6 Å². The van der Waals surface area contributed by atoms with Gasteiger partial charge in [-0.05, 0) is 67.7 Å². The zero-order valence-electron chi connectivity index (χ0n) is 12.3. The Morgan fingerprint density at radius 2 is 1.65 bits per heavy atom. The highest BCUT2D eigenvalue weighted by Gasteiger charge is 2.05. The summed E-state index contributed by atoms with van der Waals surface area (Å²) in [5, 5.41) is 6.09. The molecule has 0 saturated heterocycles. The highest BCUT2D eigenvalue weighted by Crippen LogP contribution is 2.24. The van der Waals surface area contributed by atoms with Gasteiger partial charge in [-0.25, -0.2) is 4.79 Å². The number of alkyl carbamates (subject to hydrolysis) is 1. The molecule has 2 N–H and O–H groups in total. The molecule has 0 radical (unpaired) electrons. The maximum absolute atomic E-state index is 11.2. The number of benzene rings is 2. The van der Waals surface area contributed by atoms with Gasteiger partial charge >= 0.3 is 6.09 Å². The smallest absolute Gasteiger partial charge is 0.413 e. The normalized spacial score (nSPS) is 9.83. The van der Waals surface area contributed by atoms with Crippen LogP contribution >= 0.6 is 23.8 Å². The molecule has 7 heteroatoms. The fourth-order valence-corrected chi connectivity index (χ4v) is 1.99. The number of amides is 1. The van der Waals surface area contributed by atoms with Crippen LogP contribution in [0.4, 0.5) is 10.5 Å². The highest BCUT2D eigenvalue weighted by atomic mass is 35.5. The van der Waals surface area contributed by atoms with Crippen LogP contribution in [0.15, 0.2) is 48.5 Å². The van der Waals surface area contributed by atoms with Gasteiger partial charge in [0, 0.05) is 10.7 Å². The van der Waals surface area contributed by atoms with Crippen molar-refractivity contribution in [1.82, 2.24) is 5.32 Å². The first kappa shape index (κ1) is 17.1. The van der Waals surface area contributed by atoms with Crippen LogP contribution in [0, 0.1) is 0 Å². The SMILES string of the molecule is CCOC(=O)NC(=S)Nc1ccc(Oc2ccc(Cl)cc2)cc1. The summed E-state index contributed by atoms with van der Waals surface area (Å²) in [6.07, 6.45) is -0.590. The number of halogens is 1. The molecular formula is C16H15ClN2O3S. The van der Waals surface area contributed by atoms with Gasteiger partial charge in [0.05, 0.1) is 6.61 Å². The molecule has 23 heavy (non-hydrogen) atoms. The number of anilines is 1. The maximum atomic E-state index is 11.2. The lowest BCUT2D eigenvalue weighted by molar-refractivity contribution is 0.158. The molecule has 0 heterocycles. The van der Waals surface area contributed by atoms with Crippen molar-refractivity contribution in [2.75, 3.05) is 11.9 Å². The summed E-state index contributed by atoms with van der Waals surface area (Å²) in [6, 6.07) is 14.2. The minimum Gasteiger partial charge on any atom is -0.457 e. The van der Waals surface area contributed by atoms with Crippen molar-refractivity contribution in [2.45, 2.75) is 6.92 Å². The molecule has 0 aliphatic carbocycles. The Bertz CT molecular complexity index is 675. The van der Waals surface area contributed by atoms with Crippen LogP contribution in [0.25, 0.3) is 0 Å². The van der Waals surface area contributed by atoms with Crippen LogP contribution < -0.4 is 15.4 Å². The van der Waals surface area contributed by atoms with Crippen molar-refractivity contribution in [3.05, 3.63) is 53.6 Å². The summed E-state index contributed by atoms with van der Waals surface area (Å²) in [7, 11) is 0. The standard InChI is InChI=1S/C16H15ClN2O3S/c1-2-21-16(20)19-15(23)18-12-5-9-14(10-6-12)22-13-7-3-11(17)4-8-13/h3-10H,2H2,1H3,(H2,18,19,20,23). The third-order valence-electron chi connectivity index (χ3n) is 2.65. The van der Waals surface area contributed by atoms with E-state index in [-0.39, 0.29) is 11.7 Å². The first-order valence-electron chi connectivity index (χ1n) is 6.85. The topological polar surface area (TPSA) is 59.6 Å². The van der Waals surface area contributed by atoms with Crippen molar-refractivity contribution >= 4 is 40.7 Å². The van der Waals surface area contributed by atoms with Gasteiger partial charge in [0.25, 0.3) is 0 Å². The van der Waals surface area contributed by atoms with Crippen LogP contribution in [0.3, 0.4) is 0 Å². The Morgan fingerprint density at radius 3 is 2.22 bits per heavy atom. The van der Waals surface area contributed by atoms with Crippen molar-refractivity contribution < 1.29 is 14.3 Å². The molecule has 0 aliphatic heterocycles. The van der Waals surface area contributed by atoms with E-state index < -0.39 is 6.09 Å². The van der Waals surface area contributed by atoms with Crippen LogP contribution in [-0.2, 0) is 4.74 Å². The molecule has 120 valence electrons. The zero-order chi connectivity index (χ0) is 16.7. The molecule has 0 aromatic heterocycles. The number of hydrogen-bond acceptors (Lipinski definition) is 4. The van der Waals surface area contributed by atoms with E-state index in [9.17, 15) is 4.79 Å². The van der Waals surface area contributed by atoms with Gasteiger partial charge < -0.3 is 14.8 Å².